The van der Waals surface area contributed by atoms with E-state index in [1.807, 2.05) is 36.1 Å². The Bertz CT molecular complexity index is 1170. The van der Waals surface area contributed by atoms with E-state index < -0.39 is 17.5 Å². The van der Waals surface area contributed by atoms with Gasteiger partial charge in [0.1, 0.15) is 23.5 Å². The Kier molecular flexibility index (Phi) is 5.32. The second-order valence-corrected chi connectivity index (χ2v) is 7.37. The molecular weight excluding hydrogens is 386 g/mol. The SMILES string of the molecule is Cc1cccc2cc(C#N)c(N3CCCN(C(=O)c4ccc(F)cc4F)CC3)nc12. The molecule has 152 valence electrons. The minimum Gasteiger partial charge on any atom is -0.354 e. The number of pyridine rings is 1. The molecule has 0 bridgehead atoms. The summed E-state index contributed by atoms with van der Waals surface area (Å²) >= 11 is 0. The topological polar surface area (TPSA) is 60.2 Å². The van der Waals surface area contributed by atoms with Gasteiger partial charge in [-0.15, -0.1) is 0 Å². The molecule has 7 heteroatoms. The summed E-state index contributed by atoms with van der Waals surface area (Å²) in [6, 6.07) is 12.9. The number of carbonyl (C=O) groups excluding carboxylic acids is 1. The van der Waals surface area contributed by atoms with Crippen LogP contribution in [0.2, 0.25) is 0 Å². The summed E-state index contributed by atoms with van der Waals surface area (Å²) in [4.78, 5) is 21.1. The minimum atomic E-state index is -0.862. The highest BCUT2D eigenvalue weighted by molar-refractivity contribution is 5.94. The number of nitrogens with zero attached hydrogens (tertiary/aromatic N) is 4. The average molecular weight is 406 g/mol. The third kappa shape index (κ3) is 3.69. The molecule has 0 aliphatic carbocycles. The largest absolute Gasteiger partial charge is 0.354 e. The van der Waals surface area contributed by atoms with Gasteiger partial charge in [0.25, 0.3) is 5.91 Å². The van der Waals surface area contributed by atoms with Crippen molar-refractivity contribution < 1.29 is 13.6 Å². The van der Waals surface area contributed by atoms with Crippen molar-refractivity contribution in [1.82, 2.24) is 9.88 Å². The number of amides is 1. The lowest BCUT2D eigenvalue weighted by atomic mass is 10.1. The number of fused-ring (bicyclic) bond motifs is 1. The van der Waals surface area contributed by atoms with Gasteiger partial charge < -0.3 is 9.80 Å². The maximum absolute atomic E-state index is 14.0. The quantitative estimate of drug-likeness (QED) is 0.644. The van der Waals surface area contributed by atoms with E-state index in [-0.39, 0.29) is 5.56 Å². The highest BCUT2D eigenvalue weighted by Gasteiger charge is 2.24. The molecule has 0 unspecified atom stereocenters. The van der Waals surface area contributed by atoms with E-state index in [0.717, 1.165) is 28.6 Å². The third-order valence-electron chi connectivity index (χ3n) is 5.39. The maximum atomic E-state index is 14.0. The fourth-order valence-corrected chi connectivity index (χ4v) is 3.83. The standard InChI is InChI=1S/C23H20F2N4O/c1-15-4-2-5-16-12-17(14-26)22(27-21(15)16)28-8-3-9-29(11-10-28)23(30)19-7-6-18(24)13-20(19)25/h2,4-7,12-13H,3,8-11H2,1H3. The Labute approximate surface area is 173 Å². The molecule has 1 saturated heterocycles. The first kappa shape index (κ1) is 19.8. The minimum absolute atomic E-state index is 0.137. The first-order valence-corrected chi connectivity index (χ1v) is 9.77. The number of aromatic nitrogens is 1. The van der Waals surface area contributed by atoms with Crippen LogP contribution in [-0.4, -0.2) is 42.0 Å². The zero-order valence-electron chi connectivity index (χ0n) is 16.5. The number of rotatable bonds is 2. The molecule has 2 heterocycles. The van der Waals surface area contributed by atoms with Gasteiger partial charge in [-0.1, -0.05) is 18.2 Å². The monoisotopic (exact) mass is 406 g/mol. The van der Waals surface area contributed by atoms with Crippen molar-refractivity contribution in [2.75, 3.05) is 31.1 Å². The second-order valence-electron chi connectivity index (χ2n) is 7.37. The molecule has 1 amide bonds. The molecule has 3 aromatic rings. The molecule has 1 aliphatic heterocycles. The highest BCUT2D eigenvalue weighted by atomic mass is 19.1. The van der Waals surface area contributed by atoms with E-state index in [2.05, 4.69) is 6.07 Å². The number of nitriles is 1. The first-order valence-electron chi connectivity index (χ1n) is 9.77. The van der Waals surface area contributed by atoms with Crippen LogP contribution in [0.1, 0.15) is 27.9 Å². The van der Waals surface area contributed by atoms with Gasteiger partial charge in [0.2, 0.25) is 0 Å². The summed E-state index contributed by atoms with van der Waals surface area (Å²) in [5, 5.41) is 10.5. The summed E-state index contributed by atoms with van der Waals surface area (Å²) in [6.07, 6.45) is 0.646. The number of carbonyl (C=O) groups is 1. The predicted octanol–water partition coefficient (Wildman–Crippen LogP) is 4.05. The van der Waals surface area contributed by atoms with E-state index in [1.165, 1.54) is 6.07 Å². The van der Waals surface area contributed by atoms with Gasteiger partial charge in [0.15, 0.2) is 0 Å². The summed E-state index contributed by atoms with van der Waals surface area (Å²) in [5.74, 6) is -1.44. The molecule has 1 fully saturated rings. The van der Waals surface area contributed by atoms with Gasteiger partial charge >= 0.3 is 0 Å². The van der Waals surface area contributed by atoms with Crippen LogP contribution >= 0.6 is 0 Å². The number of hydrogen-bond acceptors (Lipinski definition) is 4. The third-order valence-corrected chi connectivity index (χ3v) is 5.39. The van der Waals surface area contributed by atoms with Gasteiger partial charge in [0.05, 0.1) is 16.6 Å². The molecule has 5 nitrogen and oxygen atoms in total. The average Bonchev–Trinajstić information content (AvgIpc) is 2.99. The van der Waals surface area contributed by atoms with Crippen LogP contribution < -0.4 is 4.90 Å². The Morgan fingerprint density at radius 2 is 1.93 bits per heavy atom. The summed E-state index contributed by atoms with van der Waals surface area (Å²) in [6.45, 7) is 3.86. The number of anilines is 1. The Morgan fingerprint density at radius 3 is 2.70 bits per heavy atom. The van der Waals surface area contributed by atoms with Crippen molar-refractivity contribution in [3.8, 4) is 6.07 Å². The number of hydrogen-bond donors (Lipinski definition) is 0. The molecule has 1 aliphatic rings. The first-order chi connectivity index (χ1) is 14.5. The molecule has 1 aromatic heterocycles. The smallest absolute Gasteiger partial charge is 0.256 e. The van der Waals surface area contributed by atoms with Gasteiger partial charge in [0, 0.05) is 37.6 Å². The van der Waals surface area contributed by atoms with Gasteiger partial charge in [-0.05, 0) is 37.1 Å². The lowest BCUT2D eigenvalue weighted by molar-refractivity contribution is 0.0762. The normalized spacial score (nSPS) is 14.5. The molecule has 0 N–H and O–H groups in total. The van der Waals surface area contributed by atoms with Crippen LogP contribution in [0.4, 0.5) is 14.6 Å². The molecular formula is C23H20F2N4O. The molecule has 0 radical (unpaired) electrons. The second kappa shape index (κ2) is 8.07. The van der Waals surface area contributed by atoms with Crippen molar-refractivity contribution in [2.45, 2.75) is 13.3 Å². The van der Waals surface area contributed by atoms with Gasteiger partial charge in [-0.25, -0.2) is 13.8 Å². The van der Waals surface area contributed by atoms with Gasteiger partial charge in [-0.2, -0.15) is 5.26 Å². The summed E-state index contributed by atoms with van der Waals surface area (Å²) < 4.78 is 27.2. The Balaban J connectivity index is 1.59. The fourth-order valence-electron chi connectivity index (χ4n) is 3.83. The van der Waals surface area contributed by atoms with Crippen LogP contribution in [0.15, 0.2) is 42.5 Å². The lowest BCUT2D eigenvalue weighted by Crippen LogP contribution is -2.36. The van der Waals surface area contributed by atoms with Crippen molar-refractivity contribution >= 4 is 22.6 Å². The Hall–Kier alpha value is -3.53. The summed E-state index contributed by atoms with van der Waals surface area (Å²) in [7, 11) is 0. The van der Waals surface area contributed by atoms with Gasteiger partial charge in [-0.3, -0.25) is 4.79 Å². The zero-order valence-corrected chi connectivity index (χ0v) is 16.5. The van der Waals surface area contributed by atoms with E-state index in [9.17, 15) is 18.8 Å². The van der Waals surface area contributed by atoms with Crippen molar-refractivity contribution in [1.29, 1.82) is 5.26 Å². The number of aryl methyl sites for hydroxylation is 1. The maximum Gasteiger partial charge on any atom is 0.256 e. The molecule has 0 saturated carbocycles. The lowest BCUT2D eigenvalue weighted by Gasteiger charge is -2.24. The molecule has 0 spiro atoms. The predicted molar refractivity (Wildman–Crippen MR) is 110 cm³/mol. The Morgan fingerprint density at radius 1 is 1.10 bits per heavy atom. The van der Waals surface area contributed by atoms with Crippen LogP contribution in [0, 0.1) is 29.9 Å². The van der Waals surface area contributed by atoms with E-state index in [0.29, 0.717) is 44.0 Å². The zero-order chi connectivity index (χ0) is 21.3. The molecule has 2 aromatic carbocycles. The highest BCUT2D eigenvalue weighted by Crippen LogP contribution is 2.26. The van der Waals surface area contributed by atoms with Crippen molar-refractivity contribution in [2.24, 2.45) is 0 Å². The van der Waals surface area contributed by atoms with Crippen LogP contribution in [0.3, 0.4) is 0 Å². The van der Waals surface area contributed by atoms with E-state index in [1.54, 1.807) is 4.90 Å². The van der Waals surface area contributed by atoms with Crippen LogP contribution in [0.5, 0.6) is 0 Å². The van der Waals surface area contributed by atoms with Crippen LogP contribution in [0.25, 0.3) is 10.9 Å². The van der Waals surface area contributed by atoms with Crippen LogP contribution in [-0.2, 0) is 0 Å². The van der Waals surface area contributed by atoms with Crippen molar-refractivity contribution in [3.05, 3.63) is 70.8 Å². The molecule has 4 rings (SSSR count). The molecule has 30 heavy (non-hydrogen) atoms. The number of para-hydroxylation sites is 1. The number of halogens is 2. The fraction of sp³-hybridized carbons (Fsp3) is 0.261. The number of benzene rings is 2. The van der Waals surface area contributed by atoms with E-state index >= 15 is 0 Å². The summed E-state index contributed by atoms with van der Waals surface area (Å²) in [5.41, 5.74) is 2.22. The molecule has 0 atom stereocenters. The van der Waals surface area contributed by atoms with Crippen molar-refractivity contribution in [3.63, 3.8) is 0 Å². The van der Waals surface area contributed by atoms with E-state index in [4.69, 9.17) is 4.98 Å².